The molecule has 0 aromatic rings. The van der Waals surface area contributed by atoms with E-state index in [4.69, 9.17) is 5.73 Å². The maximum Gasteiger partial charge on any atom is 0 e. The van der Waals surface area contributed by atoms with Crippen molar-refractivity contribution in [2.45, 2.75) is 105 Å². The molecule has 116 valence electrons. The van der Waals surface area contributed by atoms with Crippen LogP contribution in [0.5, 0.6) is 0 Å². The molecule has 0 bridgehead atoms. The predicted octanol–water partition coefficient (Wildman–Crippen LogP) is 6.55. The van der Waals surface area contributed by atoms with E-state index in [1.807, 2.05) is 13.8 Å². The summed E-state index contributed by atoms with van der Waals surface area (Å²) < 4.78 is 0. The minimum atomic E-state index is 0. The van der Waals surface area contributed by atoms with Gasteiger partial charge in [0.1, 0.15) is 0 Å². The Kier molecular flexibility index (Phi) is 38.7. The van der Waals surface area contributed by atoms with Crippen LogP contribution in [0.2, 0.25) is 0 Å². The molecule has 1 heteroatoms. The van der Waals surface area contributed by atoms with E-state index in [1.54, 1.807) is 0 Å². The zero-order chi connectivity index (χ0) is 14.5. The van der Waals surface area contributed by atoms with Crippen LogP contribution in [-0.4, -0.2) is 6.54 Å². The first-order valence-corrected chi connectivity index (χ1v) is 8.53. The zero-order valence-corrected chi connectivity index (χ0v) is 14.1. The second kappa shape index (κ2) is 30.2. The lowest BCUT2D eigenvalue weighted by Crippen LogP contribution is -1.97. The smallest absolute Gasteiger partial charge is 0 e. The Morgan fingerprint density at radius 3 is 1.06 bits per heavy atom. The number of hydrogen-bond donors (Lipinski definition) is 1. The molecule has 2 N–H and O–H groups in total. The summed E-state index contributed by atoms with van der Waals surface area (Å²) in [7, 11) is 0. The largest absolute Gasteiger partial charge is 0.330 e. The van der Waals surface area contributed by atoms with E-state index in [0.717, 1.165) is 6.54 Å². The van der Waals surface area contributed by atoms with E-state index >= 15 is 0 Å². The highest BCUT2D eigenvalue weighted by molar-refractivity contribution is 4.41. The van der Waals surface area contributed by atoms with Gasteiger partial charge in [0, 0.05) is 1.43 Å². The molecule has 0 aromatic heterocycles. The van der Waals surface area contributed by atoms with Crippen molar-refractivity contribution >= 4 is 0 Å². The first-order chi connectivity index (χ1) is 8.83. The SMILES string of the molecule is CC.CCCCCCCC.CCCCCCCN.[HH]. The molecule has 0 saturated carbocycles. The minimum absolute atomic E-state index is 0. The van der Waals surface area contributed by atoms with Crippen LogP contribution in [0.25, 0.3) is 0 Å². The van der Waals surface area contributed by atoms with Crippen molar-refractivity contribution in [3.8, 4) is 0 Å². The monoisotopic (exact) mass is 261 g/mol. The molecular weight excluding hydrogens is 218 g/mol. The Bertz CT molecular complexity index is 73.3. The van der Waals surface area contributed by atoms with Gasteiger partial charge in [-0.05, 0) is 13.0 Å². The molecular formula is C17H43N. The van der Waals surface area contributed by atoms with Crippen molar-refractivity contribution < 1.29 is 1.43 Å². The molecule has 0 fully saturated rings. The van der Waals surface area contributed by atoms with Crippen LogP contribution in [-0.2, 0) is 0 Å². The second-order valence-electron chi connectivity index (χ2n) is 4.62. The molecule has 0 aromatic carbocycles. The third-order valence-electron chi connectivity index (χ3n) is 2.76. The van der Waals surface area contributed by atoms with Crippen LogP contribution in [0, 0.1) is 0 Å². The van der Waals surface area contributed by atoms with Crippen LogP contribution in [0.4, 0.5) is 0 Å². The fourth-order valence-electron chi connectivity index (χ4n) is 1.60. The molecule has 0 aliphatic rings. The first kappa shape index (κ1) is 23.1. The van der Waals surface area contributed by atoms with E-state index in [2.05, 4.69) is 20.8 Å². The van der Waals surface area contributed by atoms with Gasteiger partial charge in [-0.25, -0.2) is 0 Å². The molecule has 0 rings (SSSR count). The van der Waals surface area contributed by atoms with E-state index in [0.29, 0.717) is 0 Å². The van der Waals surface area contributed by atoms with Gasteiger partial charge in [-0.3, -0.25) is 0 Å². The summed E-state index contributed by atoms with van der Waals surface area (Å²) in [6.45, 7) is 11.6. The van der Waals surface area contributed by atoms with Crippen molar-refractivity contribution in [1.82, 2.24) is 0 Å². The Morgan fingerprint density at radius 1 is 0.556 bits per heavy atom. The van der Waals surface area contributed by atoms with Gasteiger partial charge in [0.15, 0.2) is 0 Å². The molecule has 0 unspecified atom stereocenters. The highest BCUT2D eigenvalue weighted by Crippen LogP contribution is 2.03. The molecule has 0 saturated heterocycles. The van der Waals surface area contributed by atoms with Crippen LogP contribution in [0.3, 0.4) is 0 Å². The van der Waals surface area contributed by atoms with E-state index in [9.17, 15) is 0 Å². The lowest BCUT2D eigenvalue weighted by Gasteiger charge is -1.93. The van der Waals surface area contributed by atoms with Crippen molar-refractivity contribution in [2.24, 2.45) is 5.73 Å². The van der Waals surface area contributed by atoms with E-state index < -0.39 is 0 Å². The Morgan fingerprint density at radius 2 is 0.833 bits per heavy atom. The van der Waals surface area contributed by atoms with Crippen LogP contribution < -0.4 is 5.73 Å². The Hall–Kier alpha value is -0.0400. The highest BCUT2D eigenvalue weighted by atomic mass is 14.5. The Balaban J connectivity index is -0.0000000999. The summed E-state index contributed by atoms with van der Waals surface area (Å²) in [6, 6.07) is 0. The first-order valence-electron chi connectivity index (χ1n) is 8.53. The summed E-state index contributed by atoms with van der Waals surface area (Å²) >= 11 is 0. The lowest BCUT2D eigenvalue weighted by molar-refractivity contribution is 0.624. The van der Waals surface area contributed by atoms with E-state index in [1.165, 1.54) is 70.6 Å². The topological polar surface area (TPSA) is 26.0 Å². The lowest BCUT2D eigenvalue weighted by atomic mass is 10.1. The van der Waals surface area contributed by atoms with Gasteiger partial charge in [0.2, 0.25) is 0 Å². The van der Waals surface area contributed by atoms with E-state index in [-0.39, 0.29) is 1.43 Å². The molecule has 0 radical (unpaired) electrons. The molecule has 0 atom stereocenters. The predicted molar refractivity (Wildman–Crippen MR) is 90.3 cm³/mol. The number of rotatable bonds is 10. The highest BCUT2D eigenvalue weighted by Gasteiger charge is 1.84. The molecule has 0 aliphatic heterocycles. The van der Waals surface area contributed by atoms with Crippen LogP contribution in [0.1, 0.15) is 107 Å². The standard InChI is InChI=1S/C8H18.C7H17N.C2H6.H2/c1-3-5-7-8-6-4-2;1-2-3-4-5-6-7-8;1-2;/h3-8H2,1-2H3;2-8H2,1H3;1-2H3;1H. The molecule has 0 aliphatic carbocycles. The molecule has 18 heavy (non-hydrogen) atoms. The normalized spacial score (nSPS) is 9.00. The average Bonchev–Trinajstić information content (AvgIpc) is 2.43. The quantitative estimate of drug-likeness (QED) is 0.443. The van der Waals surface area contributed by atoms with Gasteiger partial charge < -0.3 is 5.73 Å². The van der Waals surface area contributed by atoms with Gasteiger partial charge in [-0.2, -0.15) is 0 Å². The van der Waals surface area contributed by atoms with Crippen LogP contribution in [0.15, 0.2) is 0 Å². The molecule has 1 nitrogen and oxygen atoms in total. The summed E-state index contributed by atoms with van der Waals surface area (Å²) in [5, 5.41) is 0. The maximum absolute atomic E-state index is 5.31. The molecule has 0 spiro atoms. The third kappa shape index (κ3) is 36.0. The van der Waals surface area contributed by atoms with Crippen LogP contribution >= 0.6 is 0 Å². The summed E-state index contributed by atoms with van der Waals surface area (Å²) in [4.78, 5) is 0. The van der Waals surface area contributed by atoms with Crippen molar-refractivity contribution in [3.63, 3.8) is 0 Å². The van der Waals surface area contributed by atoms with Crippen molar-refractivity contribution in [2.75, 3.05) is 6.54 Å². The maximum atomic E-state index is 5.31. The van der Waals surface area contributed by atoms with Gasteiger partial charge in [-0.1, -0.05) is 98.8 Å². The number of hydrogen-bond acceptors (Lipinski definition) is 1. The fourth-order valence-corrected chi connectivity index (χ4v) is 1.60. The summed E-state index contributed by atoms with van der Waals surface area (Å²) in [6.07, 6.45) is 15.1. The van der Waals surface area contributed by atoms with Gasteiger partial charge >= 0.3 is 0 Å². The van der Waals surface area contributed by atoms with Crippen molar-refractivity contribution in [3.05, 3.63) is 0 Å². The zero-order valence-electron chi connectivity index (χ0n) is 14.1. The van der Waals surface area contributed by atoms with Crippen molar-refractivity contribution in [1.29, 1.82) is 0 Å². The number of nitrogens with two attached hydrogens (primary N) is 1. The molecule has 0 heterocycles. The molecule has 0 amide bonds. The second-order valence-corrected chi connectivity index (χ2v) is 4.62. The minimum Gasteiger partial charge on any atom is -0.330 e. The summed E-state index contributed by atoms with van der Waals surface area (Å²) in [5.41, 5.74) is 5.31. The Labute approximate surface area is 119 Å². The van der Waals surface area contributed by atoms with Gasteiger partial charge in [-0.15, -0.1) is 0 Å². The van der Waals surface area contributed by atoms with Gasteiger partial charge in [0.25, 0.3) is 0 Å². The van der Waals surface area contributed by atoms with Gasteiger partial charge in [0.05, 0.1) is 0 Å². The fraction of sp³-hybridized carbons (Fsp3) is 1.00. The summed E-state index contributed by atoms with van der Waals surface area (Å²) in [5.74, 6) is 0. The number of unbranched alkanes of at least 4 members (excludes halogenated alkanes) is 9. The third-order valence-corrected chi connectivity index (χ3v) is 2.76. The average molecular weight is 262 g/mol.